The van der Waals surface area contributed by atoms with Gasteiger partial charge in [-0.1, -0.05) is 23.9 Å². The van der Waals surface area contributed by atoms with Gasteiger partial charge in [-0.3, -0.25) is 20.3 Å². The first-order valence-corrected chi connectivity index (χ1v) is 7.43. The van der Waals surface area contributed by atoms with Gasteiger partial charge in [-0.25, -0.2) is 4.68 Å². The monoisotopic (exact) mass is 319 g/mol. The lowest BCUT2D eigenvalue weighted by molar-refractivity contribution is -0.384. The fraction of sp³-hybridized carbons (Fsp3) is 0.154. The summed E-state index contributed by atoms with van der Waals surface area (Å²) in [6.07, 6.45) is 4.62. The number of carbonyl (C=O) groups is 1. The molecule has 1 heterocycles. The van der Waals surface area contributed by atoms with Gasteiger partial charge in [0.2, 0.25) is 5.16 Å². The second kappa shape index (κ2) is 6.85. The highest BCUT2D eigenvalue weighted by Crippen LogP contribution is 2.14. The first-order valence-electron chi connectivity index (χ1n) is 6.21. The van der Waals surface area contributed by atoms with Crippen LogP contribution in [0.5, 0.6) is 0 Å². The van der Waals surface area contributed by atoms with Gasteiger partial charge in [0.25, 0.3) is 11.6 Å². The van der Waals surface area contributed by atoms with Crippen LogP contribution in [0.3, 0.4) is 0 Å². The van der Waals surface area contributed by atoms with E-state index in [0.29, 0.717) is 16.5 Å². The third-order valence-corrected chi connectivity index (χ3v) is 3.34. The highest BCUT2D eigenvalue weighted by atomic mass is 32.2. The van der Waals surface area contributed by atoms with Gasteiger partial charge in [-0.05, 0) is 24.8 Å². The normalized spacial score (nSPS) is 10.8. The summed E-state index contributed by atoms with van der Waals surface area (Å²) in [5.74, 6) is 0.172. The lowest BCUT2D eigenvalue weighted by Crippen LogP contribution is -2.22. The van der Waals surface area contributed by atoms with Crippen LogP contribution in [0.1, 0.15) is 11.4 Å². The number of hydrogen-bond donors (Lipinski definition) is 1. The minimum Gasteiger partial charge on any atom is -0.268 e. The van der Waals surface area contributed by atoms with Gasteiger partial charge >= 0.3 is 0 Å². The Morgan fingerprint density at radius 1 is 1.45 bits per heavy atom. The molecule has 0 aliphatic carbocycles. The number of thioether (sulfide) groups is 1. The molecule has 1 aromatic carbocycles. The highest BCUT2D eigenvalue weighted by molar-refractivity contribution is 7.98. The lowest BCUT2D eigenvalue weighted by atomic mass is 10.2. The Hall–Kier alpha value is -2.68. The molecule has 0 saturated carbocycles. The van der Waals surface area contributed by atoms with Crippen LogP contribution in [-0.2, 0) is 4.79 Å². The number of non-ortho nitro benzene ring substituents is 1. The molecule has 0 fully saturated rings. The number of aryl methyl sites for hydroxylation is 1. The molecule has 0 unspecified atom stereocenters. The van der Waals surface area contributed by atoms with Crippen LogP contribution in [-0.4, -0.2) is 32.0 Å². The average Bonchev–Trinajstić information content (AvgIpc) is 2.86. The third-order valence-electron chi connectivity index (χ3n) is 2.71. The maximum atomic E-state index is 11.9. The highest BCUT2D eigenvalue weighted by Gasteiger charge is 2.09. The van der Waals surface area contributed by atoms with Crippen molar-refractivity contribution >= 4 is 29.4 Å². The molecule has 0 radical (unpaired) electrons. The molecule has 0 spiro atoms. The second-order valence-electron chi connectivity index (χ2n) is 4.23. The molecule has 8 nitrogen and oxygen atoms in total. The molecular weight excluding hydrogens is 306 g/mol. The minimum absolute atomic E-state index is 0.0260. The Labute approximate surface area is 130 Å². The minimum atomic E-state index is -0.483. The number of amides is 1. The summed E-state index contributed by atoms with van der Waals surface area (Å²) in [5, 5.41) is 19.0. The van der Waals surface area contributed by atoms with Crippen molar-refractivity contribution in [1.82, 2.24) is 14.9 Å². The largest absolute Gasteiger partial charge is 0.270 e. The summed E-state index contributed by atoms with van der Waals surface area (Å²) < 4.78 is 1.48. The number of rotatable bonds is 5. The first-order chi connectivity index (χ1) is 10.5. The van der Waals surface area contributed by atoms with Crippen molar-refractivity contribution in [2.45, 2.75) is 12.1 Å². The smallest absolute Gasteiger partial charge is 0.268 e. The van der Waals surface area contributed by atoms with Crippen molar-refractivity contribution in [1.29, 1.82) is 0 Å². The molecule has 0 bridgehead atoms. The summed E-state index contributed by atoms with van der Waals surface area (Å²) in [6.45, 7) is 1.72. The van der Waals surface area contributed by atoms with Crippen molar-refractivity contribution in [2.75, 3.05) is 11.7 Å². The van der Waals surface area contributed by atoms with E-state index in [1.807, 2.05) is 6.26 Å². The van der Waals surface area contributed by atoms with Crippen molar-refractivity contribution < 1.29 is 9.72 Å². The maximum Gasteiger partial charge on any atom is 0.270 e. The fourth-order valence-electron chi connectivity index (χ4n) is 1.67. The molecule has 114 valence electrons. The number of nitro benzene ring substituents is 1. The van der Waals surface area contributed by atoms with E-state index in [1.165, 1.54) is 40.7 Å². The summed E-state index contributed by atoms with van der Waals surface area (Å²) in [7, 11) is 0. The van der Waals surface area contributed by atoms with Gasteiger partial charge in [0, 0.05) is 18.2 Å². The van der Waals surface area contributed by atoms with Crippen LogP contribution in [0.2, 0.25) is 0 Å². The van der Waals surface area contributed by atoms with Crippen molar-refractivity contribution in [3.8, 4) is 0 Å². The van der Waals surface area contributed by atoms with Crippen molar-refractivity contribution in [3.63, 3.8) is 0 Å². The lowest BCUT2D eigenvalue weighted by Gasteiger charge is -2.06. The van der Waals surface area contributed by atoms with Crippen LogP contribution in [0.4, 0.5) is 5.69 Å². The standard InChI is InChI=1S/C13H13N5O3S/c1-9-14-15-13(22-2)17(9)16-12(19)7-6-10-4-3-5-11(8-10)18(20)21/h3-8H,1-2H3,(H,16,19)/b7-6+. The van der Waals surface area contributed by atoms with E-state index in [0.717, 1.165) is 0 Å². The van der Waals surface area contributed by atoms with E-state index >= 15 is 0 Å². The van der Waals surface area contributed by atoms with Gasteiger partial charge in [-0.2, -0.15) is 0 Å². The number of hydrogen-bond acceptors (Lipinski definition) is 6. The molecule has 0 aliphatic heterocycles. The van der Waals surface area contributed by atoms with Crippen LogP contribution in [0.25, 0.3) is 6.08 Å². The molecule has 2 rings (SSSR count). The van der Waals surface area contributed by atoms with Gasteiger partial charge in [0.1, 0.15) is 5.82 Å². The zero-order chi connectivity index (χ0) is 16.1. The number of nitrogens with one attached hydrogen (secondary N) is 1. The predicted molar refractivity (Wildman–Crippen MR) is 83.0 cm³/mol. The van der Waals surface area contributed by atoms with Crippen LogP contribution in [0, 0.1) is 17.0 Å². The number of carbonyl (C=O) groups excluding carboxylic acids is 1. The molecule has 0 aliphatic rings. The first kappa shape index (κ1) is 15.7. The van der Waals surface area contributed by atoms with E-state index in [9.17, 15) is 14.9 Å². The van der Waals surface area contributed by atoms with Gasteiger partial charge < -0.3 is 0 Å². The Morgan fingerprint density at radius 3 is 2.91 bits per heavy atom. The fourth-order valence-corrected chi connectivity index (χ4v) is 2.15. The summed E-state index contributed by atoms with van der Waals surface area (Å²) in [4.78, 5) is 22.1. The van der Waals surface area contributed by atoms with Gasteiger partial charge in [-0.15, -0.1) is 10.2 Å². The number of benzene rings is 1. The summed E-state index contributed by atoms with van der Waals surface area (Å²) >= 11 is 1.35. The molecule has 9 heteroatoms. The molecule has 2 aromatic rings. The van der Waals surface area contributed by atoms with E-state index in [1.54, 1.807) is 19.1 Å². The predicted octanol–water partition coefficient (Wildman–Crippen LogP) is 2.00. The zero-order valence-corrected chi connectivity index (χ0v) is 12.7. The van der Waals surface area contributed by atoms with Gasteiger partial charge in [0.15, 0.2) is 0 Å². The quantitative estimate of drug-likeness (QED) is 0.391. The Balaban J connectivity index is 2.10. The summed E-state index contributed by atoms with van der Waals surface area (Å²) in [5.41, 5.74) is 3.17. The molecule has 1 aromatic heterocycles. The zero-order valence-electron chi connectivity index (χ0n) is 11.9. The number of aromatic nitrogens is 3. The number of nitro groups is 1. The van der Waals surface area contributed by atoms with E-state index in [2.05, 4.69) is 15.6 Å². The van der Waals surface area contributed by atoms with E-state index in [4.69, 9.17) is 0 Å². The van der Waals surface area contributed by atoms with Crippen molar-refractivity contribution in [3.05, 3.63) is 51.8 Å². The summed E-state index contributed by atoms with van der Waals surface area (Å²) in [6, 6.07) is 6.02. The maximum absolute atomic E-state index is 11.9. The van der Waals surface area contributed by atoms with Crippen LogP contribution >= 0.6 is 11.8 Å². The van der Waals surface area contributed by atoms with E-state index in [-0.39, 0.29) is 11.6 Å². The molecule has 22 heavy (non-hydrogen) atoms. The topological polar surface area (TPSA) is 103 Å². The Bertz CT molecular complexity index is 741. The van der Waals surface area contributed by atoms with Gasteiger partial charge in [0.05, 0.1) is 4.92 Å². The van der Waals surface area contributed by atoms with Crippen LogP contribution in [0.15, 0.2) is 35.5 Å². The van der Waals surface area contributed by atoms with Crippen LogP contribution < -0.4 is 5.43 Å². The van der Waals surface area contributed by atoms with Crippen molar-refractivity contribution in [2.24, 2.45) is 0 Å². The molecule has 0 atom stereocenters. The Kier molecular flexibility index (Phi) is 4.89. The molecule has 0 saturated heterocycles. The SMILES string of the molecule is CSc1nnc(C)n1NC(=O)/C=C/c1cccc([N+](=O)[O-])c1. The Morgan fingerprint density at radius 2 is 2.23 bits per heavy atom. The third kappa shape index (κ3) is 3.70. The molecule has 1 N–H and O–H groups in total. The van der Waals surface area contributed by atoms with E-state index < -0.39 is 4.92 Å². The average molecular weight is 319 g/mol. The number of nitrogens with zero attached hydrogens (tertiary/aromatic N) is 4. The molecule has 1 amide bonds. The second-order valence-corrected chi connectivity index (χ2v) is 5.00. The molecular formula is C13H13N5O3S.